The number of nitrogen functional groups attached to an aromatic ring is 1. The van der Waals surface area contributed by atoms with Crippen LogP contribution in [0.3, 0.4) is 0 Å². The van der Waals surface area contributed by atoms with E-state index in [1.54, 1.807) is 0 Å². The molecule has 2 rings (SSSR count). The molecule has 0 fully saturated rings. The fourth-order valence-electron chi connectivity index (χ4n) is 1.91. The lowest BCUT2D eigenvalue weighted by Crippen LogP contribution is -2.13. The van der Waals surface area contributed by atoms with Crippen molar-refractivity contribution in [3.05, 3.63) is 59.7 Å². The van der Waals surface area contributed by atoms with Crippen LogP contribution in [0.2, 0.25) is 0 Å². The summed E-state index contributed by atoms with van der Waals surface area (Å²) in [5, 5.41) is 2.84. The fourth-order valence-corrected chi connectivity index (χ4v) is 1.91. The van der Waals surface area contributed by atoms with Gasteiger partial charge in [0.05, 0.1) is 11.4 Å². The molecule has 0 spiro atoms. The highest BCUT2D eigenvalue weighted by Crippen LogP contribution is 2.19. The molecule has 3 N–H and O–H groups in total. The van der Waals surface area contributed by atoms with E-state index in [2.05, 4.69) is 5.32 Å². The molecule has 0 aliphatic carbocycles. The molecule has 2 aromatic rings. The number of hydrogen-bond acceptors (Lipinski definition) is 2. The fraction of sp³-hybridized carbons (Fsp3) is 0.188. The highest BCUT2D eigenvalue weighted by Gasteiger charge is 2.05. The summed E-state index contributed by atoms with van der Waals surface area (Å²) >= 11 is 0. The van der Waals surface area contributed by atoms with Crippen LogP contribution in [0.1, 0.15) is 17.5 Å². The van der Waals surface area contributed by atoms with Gasteiger partial charge in [-0.3, -0.25) is 4.79 Å². The van der Waals surface area contributed by atoms with Gasteiger partial charge in [-0.05, 0) is 36.6 Å². The normalized spacial score (nSPS) is 10.2. The van der Waals surface area contributed by atoms with Gasteiger partial charge >= 0.3 is 0 Å². The summed E-state index contributed by atoms with van der Waals surface area (Å²) in [6.07, 6.45) is 1.19. The summed E-state index contributed by atoms with van der Waals surface area (Å²) in [4.78, 5) is 11.9. The van der Waals surface area contributed by atoms with Gasteiger partial charge in [0.1, 0.15) is 0 Å². The van der Waals surface area contributed by atoms with Crippen LogP contribution in [0.4, 0.5) is 11.4 Å². The number of carbonyl (C=O) groups excluding carboxylic acids is 1. The van der Waals surface area contributed by atoms with E-state index in [-0.39, 0.29) is 5.91 Å². The van der Waals surface area contributed by atoms with E-state index in [0.29, 0.717) is 17.8 Å². The lowest BCUT2D eigenvalue weighted by molar-refractivity contribution is -0.116. The highest BCUT2D eigenvalue weighted by atomic mass is 16.1. The molecule has 0 atom stereocenters. The largest absolute Gasteiger partial charge is 0.397 e. The quantitative estimate of drug-likeness (QED) is 0.823. The second-order valence-electron chi connectivity index (χ2n) is 4.62. The van der Waals surface area contributed by atoms with E-state index in [1.165, 1.54) is 0 Å². The van der Waals surface area contributed by atoms with E-state index in [4.69, 9.17) is 5.73 Å². The van der Waals surface area contributed by atoms with Gasteiger partial charge in [-0.2, -0.15) is 0 Å². The van der Waals surface area contributed by atoms with Crippen LogP contribution in [0, 0.1) is 6.92 Å². The molecule has 0 unspecified atom stereocenters. The average Bonchev–Trinajstić information content (AvgIpc) is 2.41. The van der Waals surface area contributed by atoms with Crippen LogP contribution in [-0.4, -0.2) is 5.91 Å². The predicted molar refractivity (Wildman–Crippen MR) is 79.0 cm³/mol. The highest BCUT2D eigenvalue weighted by molar-refractivity contribution is 5.93. The molecule has 0 heterocycles. The molecule has 1 amide bonds. The number of amides is 1. The zero-order valence-electron chi connectivity index (χ0n) is 11.0. The van der Waals surface area contributed by atoms with Crippen LogP contribution in [0.25, 0.3) is 0 Å². The summed E-state index contributed by atoms with van der Waals surface area (Å²) in [6, 6.07) is 15.6. The number of benzene rings is 2. The van der Waals surface area contributed by atoms with Gasteiger partial charge in [-0.25, -0.2) is 0 Å². The molecule has 0 saturated carbocycles. The minimum Gasteiger partial charge on any atom is -0.397 e. The van der Waals surface area contributed by atoms with Crippen molar-refractivity contribution >= 4 is 17.3 Å². The Balaban J connectivity index is 1.91. The predicted octanol–water partition coefficient (Wildman–Crippen LogP) is 3.15. The molecule has 3 nitrogen and oxygen atoms in total. The van der Waals surface area contributed by atoms with Crippen LogP contribution in [0.5, 0.6) is 0 Å². The third-order valence-electron chi connectivity index (χ3n) is 2.96. The van der Waals surface area contributed by atoms with Crippen LogP contribution < -0.4 is 11.1 Å². The minimum atomic E-state index is -0.0144. The first-order valence-electron chi connectivity index (χ1n) is 6.35. The summed E-state index contributed by atoms with van der Waals surface area (Å²) < 4.78 is 0. The smallest absolute Gasteiger partial charge is 0.224 e. The Morgan fingerprint density at radius 2 is 1.89 bits per heavy atom. The van der Waals surface area contributed by atoms with Gasteiger partial charge in [0.15, 0.2) is 0 Å². The van der Waals surface area contributed by atoms with E-state index in [0.717, 1.165) is 17.5 Å². The Hall–Kier alpha value is -2.29. The van der Waals surface area contributed by atoms with E-state index in [9.17, 15) is 4.79 Å². The van der Waals surface area contributed by atoms with Crippen LogP contribution >= 0.6 is 0 Å². The van der Waals surface area contributed by atoms with Gasteiger partial charge in [0.25, 0.3) is 0 Å². The molecule has 98 valence electrons. The Morgan fingerprint density at radius 3 is 2.58 bits per heavy atom. The summed E-state index contributed by atoms with van der Waals surface area (Å²) in [7, 11) is 0. The number of aryl methyl sites for hydroxylation is 2. The van der Waals surface area contributed by atoms with Gasteiger partial charge in [-0.1, -0.05) is 36.4 Å². The average molecular weight is 254 g/mol. The summed E-state index contributed by atoms with van der Waals surface area (Å²) in [6.45, 7) is 1.97. The number of nitrogens with two attached hydrogens (primary N) is 1. The van der Waals surface area contributed by atoms with Gasteiger partial charge in [0.2, 0.25) is 5.91 Å². The van der Waals surface area contributed by atoms with Crippen molar-refractivity contribution in [3.63, 3.8) is 0 Å². The molecular formula is C16H18N2O. The number of rotatable bonds is 4. The molecule has 0 radical (unpaired) electrons. The molecule has 19 heavy (non-hydrogen) atoms. The van der Waals surface area contributed by atoms with Crippen molar-refractivity contribution in [2.24, 2.45) is 0 Å². The third kappa shape index (κ3) is 3.85. The number of carbonyl (C=O) groups is 1. The second-order valence-corrected chi connectivity index (χ2v) is 4.62. The first-order valence-corrected chi connectivity index (χ1v) is 6.35. The molecule has 0 aliphatic heterocycles. The zero-order valence-corrected chi connectivity index (χ0v) is 11.0. The first-order chi connectivity index (χ1) is 9.15. The second kappa shape index (κ2) is 6.05. The maximum Gasteiger partial charge on any atom is 0.224 e. The molecule has 0 bridgehead atoms. The van der Waals surface area contributed by atoms with Crippen molar-refractivity contribution in [3.8, 4) is 0 Å². The van der Waals surface area contributed by atoms with Crippen molar-refractivity contribution in [2.75, 3.05) is 11.1 Å². The van der Waals surface area contributed by atoms with E-state index >= 15 is 0 Å². The maximum atomic E-state index is 11.9. The van der Waals surface area contributed by atoms with E-state index < -0.39 is 0 Å². The molecular weight excluding hydrogens is 236 g/mol. The summed E-state index contributed by atoms with van der Waals surface area (Å²) in [5.41, 5.74) is 9.40. The Morgan fingerprint density at radius 1 is 1.16 bits per heavy atom. The van der Waals surface area contributed by atoms with Crippen molar-refractivity contribution in [1.82, 2.24) is 0 Å². The van der Waals surface area contributed by atoms with Crippen LogP contribution in [-0.2, 0) is 11.2 Å². The molecule has 0 saturated heterocycles. The topological polar surface area (TPSA) is 55.1 Å². The third-order valence-corrected chi connectivity index (χ3v) is 2.96. The molecule has 0 aliphatic rings. The molecule has 2 aromatic carbocycles. The van der Waals surface area contributed by atoms with E-state index in [1.807, 2.05) is 55.5 Å². The maximum absolute atomic E-state index is 11.9. The number of nitrogens with one attached hydrogen (secondary N) is 1. The Bertz CT molecular complexity index is 564. The lowest BCUT2D eigenvalue weighted by Gasteiger charge is -2.08. The van der Waals surface area contributed by atoms with Gasteiger partial charge in [0, 0.05) is 6.42 Å². The summed E-state index contributed by atoms with van der Waals surface area (Å²) in [5.74, 6) is -0.0144. The Kier molecular flexibility index (Phi) is 4.18. The SMILES string of the molecule is Cc1ccc(NC(=O)CCc2ccccc2)c(N)c1. The number of hydrogen-bond donors (Lipinski definition) is 2. The van der Waals surface area contributed by atoms with Crippen molar-refractivity contribution in [1.29, 1.82) is 0 Å². The molecule has 0 aromatic heterocycles. The monoisotopic (exact) mass is 254 g/mol. The van der Waals surface area contributed by atoms with Crippen LogP contribution in [0.15, 0.2) is 48.5 Å². The molecule has 3 heteroatoms. The Labute approximate surface area is 113 Å². The zero-order chi connectivity index (χ0) is 13.7. The van der Waals surface area contributed by atoms with Crippen molar-refractivity contribution in [2.45, 2.75) is 19.8 Å². The first kappa shape index (κ1) is 13.1. The number of anilines is 2. The lowest BCUT2D eigenvalue weighted by atomic mass is 10.1. The van der Waals surface area contributed by atoms with Gasteiger partial charge in [-0.15, -0.1) is 0 Å². The van der Waals surface area contributed by atoms with Crippen molar-refractivity contribution < 1.29 is 4.79 Å². The van der Waals surface area contributed by atoms with Gasteiger partial charge < -0.3 is 11.1 Å². The standard InChI is InChI=1S/C16H18N2O/c1-12-7-9-15(14(17)11-12)18-16(19)10-8-13-5-3-2-4-6-13/h2-7,9,11H,8,10,17H2,1H3,(H,18,19). The minimum absolute atomic E-state index is 0.0144.